The molecule has 0 unspecified atom stereocenters. The molecule has 0 radical (unpaired) electrons. The van der Waals surface area contributed by atoms with Crippen molar-refractivity contribution >= 4 is 5.97 Å². The molecule has 1 heterocycles. The molecule has 1 aliphatic heterocycles. The molecule has 0 saturated heterocycles. The summed E-state index contributed by atoms with van der Waals surface area (Å²) in [7, 11) is 4.26. The van der Waals surface area contributed by atoms with E-state index in [1.54, 1.807) is 0 Å². The molecule has 3 nitrogen and oxygen atoms in total. The average Bonchev–Trinajstić information content (AvgIpc) is 2.03. The Morgan fingerprint density at radius 2 is 2.21 bits per heavy atom. The first-order valence-corrected chi connectivity index (χ1v) is 4.73. The molecule has 14 heavy (non-hydrogen) atoms. The Morgan fingerprint density at radius 3 is 2.71 bits per heavy atom. The van der Waals surface area contributed by atoms with E-state index in [1.165, 1.54) is 0 Å². The second-order valence-electron chi connectivity index (χ2n) is 4.06. The van der Waals surface area contributed by atoms with E-state index in [0.29, 0.717) is 6.61 Å². The number of esters is 1. The maximum absolute atomic E-state index is 11.4. The van der Waals surface area contributed by atoms with Crippen LogP contribution in [0.1, 0.15) is 13.3 Å². The van der Waals surface area contributed by atoms with Gasteiger partial charge in [0.15, 0.2) is 0 Å². The highest BCUT2D eigenvalue weighted by atomic mass is 127. The van der Waals surface area contributed by atoms with Crippen LogP contribution in [-0.4, -0.2) is 44.2 Å². The minimum Gasteiger partial charge on any atom is -1.00 e. The minimum absolute atomic E-state index is 0. The van der Waals surface area contributed by atoms with E-state index in [9.17, 15) is 4.79 Å². The molecule has 0 aromatic carbocycles. The Kier molecular flexibility index (Phi) is 5.66. The van der Waals surface area contributed by atoms with Crippen LogP contribution in [-0.2, 0) is 9.53 Å². The topological polar surface area (TPSA) is 26.3 Å². The lowest BCUT2D eigenvalue weighted by Crippen LogP contribution is -3.00. The van der Waals surface area contributed by atoms with Crippen molar-refractivity contribution in [3.63, 3.8) is 0 Å². The van der Waals surface area contributed by atoms with Gasteiger partial charge in [-0.25, -0.2) is 4.79 Å². The van der Waals surface area contributed by atoms with Crippen LogP contribution in [0, 0.1) is 0 Å². The summed E-state index contributed by atoms with van der Waals surface area (Å²) in [6.07, 6.45) is 2.97. The van der Waals surface area contributed by atoms with Crippen LogP contribution in [0.3, 0.4) is 0 Å². The summed E-state index contributed by atoms with van der Waals surface area (Å²) in [6, 6.07) is 0. The second-order valence-corrected chi connectivity index (χ2v) is 4.06. The zero-order chi connectivity index (χ0) is 9.90. The Bertz CT molecular complexity index is 236. The van der Waals surface area contributed by atoms with Gasteiger partial charge < -0.3 is 33.2 Å². The second kappa shape index (κ2) is 5.70. The predicted molar refractivity (Wildman–Crippen MR) is 51.2 cm³/mol. The maximum Gasteiger partial charge on any atom is 0.339 e. The molecule has 0 N–H and O–H groups in total. The first kappa shape index (κ1) is 13.9. The number of likely N-dealkylation sites (N-methyl/N-ethyl adjacent to an activating group) is 1. The molecular weight excluding hydrogens is 293 g/mol. The molecule has 4 heteroatoms. The first-order valence-electron chi connectivity index (χ1n) is 4.73. The van der Waals surface area contributed by atoms with Crippen LogP contribution in [0.25, 0.3) is 0 Å². The fraction of sp³-hybridized carbons (Fsp3) is 0.700. The number of carbonyl (C=O) groups is 1. The zero-order valence-electron chi connectivity index (χ0n) is 9.05. The number of nitrogens with zero attached hydrogens (tertiary/aromatic N) is 1. The van der Waals surface area contributed by atoms with Crippen molar-refractivity contribution in [2.24, 2.45) is 0 Å². The predicted octanol–water partition coefficient (Wildman–Crippen LogP) is -2.04. The van der Waals surface area contributed by atoms with Crippen LogP contribution in [0.5, 0.6) is 0 Å². The lowest BCUT2D eigenvalue weighted by molar-refractivity contribution is -0.886. The smallest absolute Gasteiger partial charge is 0.339 e. The van der Waals surface area contributed by atoms with Crippen LogP contribution in [0.4, 0.5) is 0 Å². The number of ether oxygens (including phenoxy) is 1. The first-order chi connectivity index (χ1) is 6.05. The van der Waals surface area contributed by atoms with Gasteiger partial charge in [0.1, 0.15) is 6.54 Å². The van der Waals surface area contributed by atoms with Crippen molar-refractivity contribution in [2.45, 2.75) is 13.3 Å². The van der Waals surface area contributed by atoms with Crippen LogP contribution < -0.4 is 24.0 Å². The van der Waals surface area contributed by atoms with Crippen LogP contribution in [0.15, 0.2) is 11.6 Å². The highest BCUT2D eigenvalue weighted by Crippen LogP contribution is 2.14. The Morgan fingerprint density at radius 1 is 1.57 bits per heavy atom. The largest absolute Gasteiger partial charge is 1.00 e. The highest BCUT2D eigenvalue weighted by molar-refractivity contribution is 5.88. The Hall–Kier alpha value is -0.100. The molecule has 0 aromatic rings. The van der Waals surface area contributed by atoms with Crippen LogP contribution in [0.2, 0.25) is 0 Å². The number of carbonyl (C=O) groups excluding carboxylic acids is 1. The summed E-state index contributed by atoms with van der Waals surface area (Å²) in [4.78, 5) is 11.4. The third-order valence-electron chi connectivity index (χ3n) is 2.26. The quantitative estimate of drug-likeness (QED) is 0.334. The van der Waals surface area contributed by atoms with Gasteiger partial charge in [0, 0.05) is 6.42 Å². The zero-order valence-corrected chi connectivity index (χ0v) is 11.2. The summed E-state index contributed by atoms with van der Waals surface area (Å²) in [5.74, 6) is -0.145. The summed E-state index contributed by atoms with van der Waals surface area (Å²) < 4.78 is 5.84. The third kappa shape index (κ3) is 3.96. The van der Waals surface area contributed by atoms with Gasteiger partial charge in [-0.15, -0.1) is 0 Å². The highest BCUT2D eigenvalue weighted by Gasteiger charge is 2.25. The monoisotopic (exact) mass is 311 g/mol. The number of rotatable bonds is 2. The number of hydrogen-bond acceptors (Lipinski definition) is 2. The van der Waals surface area contributed by atoms with Gasteiger partial charge in [-0.2, -0.15) is 0 Å². The standard InChI is InChI=1S/C10H18NO2.HI/c1-4-13-10(12)9-6-5-7-11(2,3)8-9;/h6H,4-5,7-8H2,1-3H3;1H/q+1;/p-1. The molecule has 1 rings (SSSR count). The van der Waals surface area contributed by atoms with Gasteiger partial charge in [0.2, 0.25) is 0 Å². The maximum atomic E-state index is 11.4. The molecule has 1 aliphatic rings. The van der Waals surface area contributed by atoms with Gasteiger partial charge >= 0.3 is 5.97 Å². The molecule has 82 valence electrons. The minimum atomic E-state index is -0.145. The molecule has 0 aliphatic carbocycles. The van der Waals surface area contributed by atoms with E-state index in [4.69, 9.17) is 4.74 Å². The summed E-state index contributed by atoms with van der Waals surface area (Å²) in [5.41, 5.74) is 0.832. The van der Waals surface area contributed by atoms with E-state index >= 15 is 0 Å². The van der Waals surface area contributed by atoms with Gasteiger partial charge in [-0.3, -0.25) is 0 Å². The molecule has 0 spiro atoms. The fourth-order valence-electron chi connectivity index (χ4n) is 1.56. The molecule has 0 saturated carbocycles. The van der Waals surface area contributed by atoms with Crippen molar-refractivity contribution in [3.8, 4) is 0 Å². The fourth-order valence-corrected chi connectivity index (χ4v) is 1.56. The lowest BCUT2D eigenvalue weighted by Gasteiger charge is -2.32. The molecule has 0 aromatic heterocycles. The van der Waals surface area contributed by atoms with E-state index in [1.807, 2.05) is 13.0 Å². The SMILES string of the molecule is CCOC(=O)C1=CCC[N+](C)(C)C1.[I-]. The van der Waals surface area contributed by atoms with Crippen LogP contribution >= 0.6 is 0 Å². The van der Waals surface area contributed by atoms with Gasteiger partial charge in [0.05, 0.1) is 32.8 Å². The van der Waals surface area contributed by atoms with Crippen molar-refractivity contribution in [1.29, 1.82) is 0 Å². The van der Waals surface area contributed by atoms with Gasteiger partial charge in [-0.1, -0.05) is 6.08 Å². The van der Waals surface area contributed by atoms with Crippen molar-refractivity contribution in [2.75, 3.05) is 33.8 Å². The van der Waals surface area contributed by atoms with Crippen molar-refractivity contribution < 1.29 is 38.0 Å². The van der Waals surface area contributed by atoms with Crippen molar-refractivity contribution in [3.05, 3.63) is 11.6 Å². The van der Waals surface area contributed by atoms with E-state index < -0.39 is 0 Å². The molecule has 0 bridgehead atoms. The normalized spacial score (nSPS) is 19.2. The Balaban J connectivity index is 0.00000169. The van der Waals surface area contributed by atoms with Gasteiger partial charge in [-0.05, 0) is 6.92 Å². The number of halogens is 1. The Labute approximate surface area is 103 Å². The number of hydrogen-bond donors (Lipinski definition) is 0. The van der Waals surface area contributed by atoms with Gasteiger partial charge in [0.25, 0.3) is 0 Å². The van der Waals surface area contributed by atoms with E-state index in [0.717, 1.165) is 29.6 Å². The van der Waals surface area contributed by atoms with E-state index in [-0.39, 0.29) is 29.9 Å². The third-order valence-corrected chi connectivity index (χ3v) is 2.26. The lowest BCUT2D eigenvalue weighted by atomic mass is 10.1. The molecule has 0 fully saturated rings. The van der Waals surface area contributed by atoms with E-state index in [2.05, 4.69) is 14.1 Å². The number of quaternary nitrogens is 1. The molecular formula is C10H18INO2. The molecule has 0 amide bonds. The average molecular weight is 311 g/mol. The molecule has 0 atom stereocenters. The summed E-state index contributed by atoms with van der Waals surface area (Å²) in [5, 5.41) is 0. The van der Waals surface area contributed by atoms with Crippen molar-refractivity contribution in [1.82, 2.24) is 0 Å². The summed E-state index contributed by atoms with van der Waals surface area (Å²) in [6.45, 7) is 4.19. The summed E-state index contributed by atoms with van der Waals surface area (Å²) >= 11 is 0.